The molecule has 0 radical (unpaired) electrons. The lowest BCUT2D eigenvalue weighted by atomic mass is 9.93. The van der Waals surface area contributed by atoms with E-state index in [0.29, 0.717) is 0 Å². The Morgan fingerprint density at radius 3 is 0.905 bits per heavy atom. The van der Waals surface area contributed by atoms with Crippen LogP contribution in [0.2, 0.25) is 0 Å². The Hall–Kier alpha value is -5.88. The fraction of sp³-hybridized carbons (Fsp3) is 0. The third kappa shape index (κ3) is 5.29. The van der Waals surface area contributed by atoms with E-state index in [2.05, 4.69) is 66.3 Å². The average molecular weight is 541 g/mol. The van der Waals surface area contributed by atoms with Gasteiger partial charge in [0.05, 0.1) is 17.1 Å². The van der Waals surface area contributed by atoms with Crippen LogP contribution >= 0.6 is 0 Å². The third-order valence-corrected chi connectivity index (χ3v) is 7.08. The summed E-state index contributed by atoms with van der Waals surface area (Å²) >= 11 is 0. The first kappa shape index (κ1) is 25.1. The van der Waals surface area contributed by atoms with Crippen LogP contribution in [0.1, 0.15) is 0 Å². The van der Waals surface area contributed by atoms with Crippen molar-refractivity contribution in [1.29, 1.82) is 0 Å². The molecule has 0 N–H and O–H groups in total. The quantitative estimate of drug-likeness (QED) is 0.212. The first-order chi connectivity index (χ1) is 20.8. The lowest BCUT2D eigenvalue weighted by molar-refractivity contribution is 1.27. The molecule has 0 fully saturated rings. The lowest BCUT2D eigenvalue weighted by Gasteiger charge is -2.13. The molecule has 6 aromatic heterocycles. The highest BCUT2D eigenvalue weighted by Gasteiger charge is 2.12. The summed E-state index contributed by atoms with van der Waals surface area (Å²) in [5.41, 5.74) is 12.0. The van der Waals surface area contributed by atoms with Gasteiger partial charge in [0.15, 0.2) is 0 Å². The van der Waals surface area contributed by atoms with Crippen LogP contribution in [0.3, 0.4) is 0 Å². The van der Waals surface area contributed by atoms with Crippen molar-refractivity contribution in [3.05, 3.63) is 147 Å². The zero-order valence-corrected chi connectivity index (χ0v) is 22.5. The maximum Gasteiger partial charge on any atom is 0.0723 e. The van der Waals surface area contributed by atoms with Crippen molar-refractivity contribution in [2.45, 2.75) is 0 Å². The highest BCUT2D eigenvalue weighted by Crippen LogP contribution is 2.35. The lowest BCUT2D eigenvalue weighted by Crippen LogP contribution is -1.91. The second-order valence-electron chi connectivity index (χ2n) is 9.81. The van der Waals surface area contributed by atoms with Gasteiger partial charge in [-0.15, -0.1) is 0 Å². The van der Waals surface area contributed by atoms with Gasteiger partial charge in [-0.05, 0) is 124 Å². The van der Waals surface area contributed by atoms with E-state index < -0.39 is 0 Å². The van der Waals surface area contributed by atoms with E-state index in [0.717, 1.165) is 67.2 Å². The Kier molecular flexibility index (Phi) is 6.76. The molecule has 42 heavy (non-hydrogen) atoms. The van der Waals surface area contributed by atoms with Crippen LogP contribution in [0.15, 0.2) is 147 Å². The first-order valence-electron chi connectivity index (χ1n) is 13.6. The van der Waals surface area contributed by atoms with E-state index in [1.165, 1.54) is 0 Å². The molecule has 0 aliphatic heterocycles. The van der Waals surface area contributed by atoms with E-state index in [-0.39, 0.29) is 0 Å². The molecule has 6 heteroatoms. The van der Waals surface area contributed by atoms with Crippen molar-refractivity contribution in [2.75, 3.05) is 0 Å². The molecule has 7 aromatic rings. The molecule has 0 saturated heterocycles. The summed E-state index contributed by atoms with van der Waals surface area (Å²) in [6.45, 7) is 0. The van der Waals surface area contributed by atoms with Crippen molar-refractivity contribution < 1.29 is 0 Å². The first-order valence-corrected chi connectivity index (χ1v) is 13.6. The fourth-order valence-corrected chi connectivity index (χ4v) is 4.97. The largest absolute Gasteiger partial charge is 0.264 e. The summed E-state index contributed by atoms with van der Waals surface area (Å²) in [5, 5.41) is 0. The van der Waals surface area contributed by atoms with Gasteiger partial charge in [0.25, 0.3) is 0 Å². The summed E-state index contributed by atoms with van der Waals surface area (Å²) in [6, 6.07) is 31.0. The zero-order valence-electron chi connectivity index (χ0n) is 22.5. The molecule has 6 heterocycles. The minimum atomic E-state index is 0.873. The van der Waals surface area contributed by atoms with Crippen molar-refractivity contribution in [2.24, 2.45) is 0 Å². The molecule has 198 valence electrons. The van der Waals surface area contributed by atoms with Crippen LogP contribution in [0.25, 0.3) is 67.2 Å². The van der Waals surface area contributed by atoms with Gasteiger partial charge < -0.3 is 0 Å². The number of aromatic nitrogens is 6. The number of rotatable bonds is 6. The van der Waals surface area contributed by atoms with E-state index in [9.17, 15) is 0 Å². The predicted octanol–water partition coefficient (Wildman–Crippen LogP) is 8.06. The summed E-state index contributed by atoms with van der Waals surface area (Å²) in [7, 11) is 0. The number of hydrogen-bond acceptors (Lipinski definition) is 6. The molecule has 6 nitrogen and oxygen atoms in total. The molecule has 0 bridgehead atoms. The molecule has 7 rings (SSSR count). The van der Waals surface area contributed by atoms with Gasteiger partial charge in [0.1, 0.15) is 0 Å². The minimum absolute atomic E-state index is 0.873. The summed E-state index contributed by atoms with van der Waals surface area (Å²) < 4.78 is 0. The molecule has 0 amide bonds. The van der Waals surface area contributed by atoms with Gasteiger partial charge in [-0.1, -0.05) is 0 Å². The van der Waals surface area contributed by atoms with Gasteiger partial charge in [-0.25, -0.2) is 0 Å². The van der Waals surface area contributed by atoms with Gasteiger partial charge in [-0.2, -0.15) is 0 Å². The van der Waals surface area contributed by atoms with Gasteiger partial charge in [0, 0.05) is 72.5 Å². The highest BCUT2D eigenvalue weighted by atomic mass is 14.7. The van der Waals surface area contributed by atoms with Crippen LogP contribution in [0.5, 0.6) is 0 Å². The second kappa shape index (κ2) is 11.3. The maximum atomic E-state index is 4.62. The summed E-state index contributed by atoms with van der Waals surface area (Å²) in [4.78, 5) is 26.7. The molecule has 0 aliphatic rings. The summed E-state index contributed by atoms with van der Waals surface area (Å²) in [6.07, 6.45) is 16.4. The van der Waals surface area contributed by atoms with Crippen molar-refractivity contribution in [1.82, 2.24) is 29.9 Å². The van der Waals surface area contributed by atoms with Crippen LogP contribution < -0.4 is 0 Å². The monoisotopic (exact) mass is 540 g/mol. The van der Waals surface area contributed by atoms with Crippen LogP contribution in [-0.4, -0.2) is 29.9 Å². The van der Waals surface area contributed by atoms with Crippen molar-refractivity contribution in [3.63, 3.8) is 0 Å². The van der Waals surface area contributed by atoms with Gasteiger partial charge in [0.2, 0.25) is 0 Å². The smallest absolute Gasteiger partial charge is 0.0723 e. The Morgan fingerprint density at radius 1 is 0.286 bits per heavy atom. The maximum absolute atomic E-state index is 4.62. The molecule has 0 saturated carbocycles. The van der Waals surface area contributed by atoms with Crippen LogP contribution in [-0.2, 0) is 0 Å². The fourth-order valence-electron chi connectivity index (χ4n) is 4.97. The molecule has 0 atom stereocenters. The Morgan fingerprint density at radius 2 is 0.619 bits per heavy atom. The van der Waals surface area contributed by atoms with Crippen LogP contribution in [0.4, 0.5) is 0 Å². The number of hydrogen-bond donors (Lipinski definition) is 0. The Labute approximate surface area is 243 Å². The normalized spacial score (nSPS) is 10.9. The Balaban J connectivity index is 1.38. The number of nitrogens with zero attached hydrogens (tertiary/aromatic N) is 6. The molecule has 0 spiro atoms. The Bertz CT molecular complexity index is 1730. The number of pyridine rings is 6. The van der Waals surface area contributed by atoms with Gasteiger partial charge >= 0.3 is 0 Å². The standard InChI is InChI=1S/C36H24N6/c1-4-28(22-37-10-1)34-19-25(7-13-40-34)31-16-32(26-8-14-41-35(20-26)29-5-2-11-38-23-29)18-33(17-31)27-9-15-42-36(21-27)30-6-3-12-39-24-30/h1-24H. The molecule has 0 aliphatic carbocycles. The van der Waals surface area contributed by atoms with E-state index >= 15 is 0 Å². The minimum Gasteiger partial charge on any atom is -0.264 e. The second-order valence-corrected chi connectivity index (χ2v) is 9.81. The number of benzene rings is 1. The van der Waals surface area contributed by atoms with E-state index in [1.54, 1.807) is 18.6 Å². The predicted molar refractivity (Wildman–Crippen MR) is 166 cm³/mol. The van der Waals surface area contributed by atoms with E-state index in [4.69, 9.17) is 0 Å². The van der Waals surface area contributed by atoms with Crippen molar-refractivity contribution >= 4 is 0 Å². The molecule has 0 unspecified atom stereocenters. The van der Waals surface area contributed by atoms with Gasteiger partial charge in [-0.3, -0.25) is 29.9 Å². The topological polar surface area (TPSA) is 77.3 Å². The van der Waals surface area contributed by atoms with E-state index in [1.807, 2.05) is 91.8 Å². The molecular formula is C36H24N6. The zero-order chi connectivity index (χ0) is 28.1. The summed E-state index contributed by atoms with van der Waals surface area (Å²) in [5.74, 6) is 0. The highest BCUT2D eigenvalue weighted by molar-refractivity contribution is 5.84. The molecular weight excluding hydrogens is 516 g/mol. The third-order valence-electron chi connectivity index (χ3n) is 7.08. The van der Waals surface area contributed by atoms with Crippen molar-refractivity contribution in [3.8, 4) is 67.2 Å². The molecule has 1 aromatic carbocycles. The average Bonchev–Trinajstić information content (AvgIpc) is 3.09. The van der Waals surface area contributed by atoms with Crippen LogP contribution in [0, 0.1) is 0 Å². The SMILES string of the molecule is c1cncc(-c2cc(-c3cc(-c4ccnc(-c5cccnc5)c4)cc(-c4ccnc(-c5cccnc5)c4)c3)ccn2)c1.